The zero-order valence-corrected chi connectivity index (χ0v) is 17.9. The summed E-state index contributed by atoms with van der Waals surface area (Å²) in [5.41, 5.74) is 4.65. The molecule has 0 radical (unpaired) electrons. The minimum atomic E-state index is -0.117. The van der Waals surface area contributed by atoms with Crippen LogP contribution < -0.4 is 10.6 Å². The van der Waals surface area contributed by atoms with Gasteiger partial charge in [-0.2, -0.15) is 4.98 Å². The zero-order valence-electron chi connectivity index (χ0n) is 17.9. The lowest BCUT2D eigenvalue weighted by molar-refractivity contribution is -0.121. The van der Waals surface area contributed by atoms with Gasteiger partial charge >= 0.3 is 0 Å². The Bertz CT molecular complexity index is 1270. The Morgan fingerprint density at radius 3 is 2.87 bits per heavy atom. The number of benzene rings is 1. The predicted octanol–water partition coefficient (Wildman–Crippen LogP) is 3.16. The van der Waals surface area contributed by atoms with E-state index in [1.54, 1.807) is 11.6 Å². The number of aryl methyl sites for hydroxylation is 1. The largest absolute Gasteiger partial charge is 0.351 e. The van der Waals surface area contributed by atoms with Gasteiger partial charge in [-0.1, -0.05) is 11.3 Å². The number of aromatic nitrogens is 6. The molecular formula is C22H26N8O. The summed E-state index contributed by atoms with van der Waals surface area (Å²) in [7, 11) is 1.89. The molecule has 0 spiro atoms. The van der Waals surface area contributed by atoms with Crippen LogP contribution in [-0.4, -0.2) is 47.4 Å². The van der Waals surface area contributed by atoms with Gasteiger partial charge in [0.2, 0.25) is 11.9 Å². The molecule has 160 valence electrons. The van der Waals surface area contributed by atoms with E-state index in [0.717, 1.165) is 58.9 Å². The highest BCUT2D eigenvalue weighted by molar-refractivity contribution is 5.95. The molecule has 0 bridgehead atoms. The number of fused-ring (bicyclic) bond motifs is 2. The highest BCUT2D eigenvalue weighted by Gasteiger charge is 2.31. The van der Waals surface area contributed by atoms with Crippen LogP contribution in [0.3, 0.4) is 0 Å². The van der Waals surface area contributed by atoms with Crippen molar-refractivity contribution in [1.82, 2.24) is 35.3 Å². The summed E-state index contributed by atoms with van der Waals surface area (Å²) in [6.45, 7) is 3.70. The summed E-state index contributed by atoms with van der Waals surface area (Å²) < 4.78 is 1.77. The number of nitrogens with one attached hydrogen (secondary N) is 3. The fraction of sp³-hybridized carbons (Fsp3) is 0.409. The summed E-state index contributed by atoms with van der Waals surface area (Å²) in [5.74, 6) is 0.657. The molecule has 5 rings (SSSR count). The molecule has 0 unspecified atom stereocenters. The number of rotatable bonds is 4. The van der Waals surface area contributed by atoms with Crippen molar-refractivity contribution in [2.24, 2.45) is 7.05 Å². The van der Waals surface area contributed by atoms with Crippen molar-refractivity contribution in [3.05, 3.63) is 30.6 Å². The second-order valence-corrected chi connectivity index (χ2v) is 8.74. The Morgan fingerprint density at radius 2 is 2.10 bits per heavy atom. The molecule has 1 saturated carbocycles. The van der Waals surface area contributed by atoms with Gasteiger partial charge < -0.3 is 15.6 Å². The van der Waals surface area contributed by atoms with Gasteiger partial charge in [-0.25, -0.2) is 9.67 Å². The van der Waals surface area contributed by atoms with Crippen LogP contribution in [0, 0.1) is 0 Å². The van der Waals surface area contributed by atoms with E-state index in [9.17, 15) is 4.79 Å². The van der Waals surface area contributed by atoms with Crippen molar-refractivity contribution in [2.75, 3.05) is 5.32 Å². The van der Waals surface area contributed by atoms with E-state index < -0.39 is 0 Å². The van der Waals surface area contributed by atoms with Gasteiger partial charge in [0.15, 0.2) is 0 Å². The van der Waals surface area contributed by atoms with Gasteiger partial charge in [-0.3, -0.25) is 4.79 Å². The molecule has 3 N–H and O–H groups in total. The number of hydrogen-bond acceptors (Lipinski definition) is 6. The number of aromatic amines is 1. The second kappa shape index (κ2) is 7.33. The van der Waals surface area contributed by atoms with Crippen molar-refractivity contribution in [1.29, 1.82) is 0 Å². The van der Waals surface area contributed by atoms with Gasteiger partial charge in [0.1, 0.15) is 11.2 Å². The summed E-state index contributed by atoms with van der Waals surface area (Å²) >= 11 is 0. The Balaban J connectivity index is 1.34. The van der Waals surface area contributed by atoms with Crippen LogP contribution in [0.5, 0.6) is 0 Å². The molecule has 1 amide bonds. The SMILES string of the molecule is CC(=O)NC1(C)CCC(Nc2ncc3c(-c4ccc5nnn(C)c5c4)c[nH]c3n2)CC1. The lowest BCUT2D eigenvalue weighted by Crippen LogP contribution is -2.49. The molecule has 9 nitrogen and oxygen atoms in total. The molecule has 4 aromatic rings. The minimum Gasteiger partial charge on any atom is -0.351 e. The third-order valence-electron chi connectivity index (χ3n) is 6.25. The van der Waals surface area contributed by atoms with Crippen LogP contribution in [0.15, 0.2) is 30.6 Å². The number of anilines is 1. The quantitative estimate of drug-likeness (QED) is 0.469. The van der Waals surface area contributed by atoms with E-state index in [1.165, 1.54) is 0 Å². The number of H-pyrrole nitrogens is 1. The van der Waals surface area contributed by atoms with Gasteiger partial charge in [0.05, 0.1) is 5.52 Å². The predicted molar refractivity (Wildman–Crippen MR) is 119 cm³/mol. The smallest absolute Gasteiger partial charge is 0.224 e. The Kier molecular flexibility index (Phi) is 4.60. The molecule has 9 heteroatoms. The standard InChI is InChI=1S/C22H26N8O/c1-13(31)27-22(2)8-6-15(7-9-22)25-21-24-12-17-16(11-23-20(17)26-21)14-4-5-18-19(10-14)30(3)29-28-18/h4-5,10-12,15H,6-9H2,1-3H3,(H,27,31)(H2,23,24,25,26). The van der Waals surface area contributed by atoms with Crippen molar-refractivity contribution < 1.29 is 4.79 Å². The molecule has 1 aromatic carbocycles. The van der Waals surface area contributed by atoms with Gasteiger partial charge in [0, 0.05) is 48.9 Å². The van der Waals surface area contributed by atoms with Crippen LogP contribution in [0.25, 0.3) is 33.2 Å². The average molecular weight is 419 g/mol. The van der Waals surface area contributed by atoms with Crippen LogP contribution in [0.2, 0.25) is 0 Å². The Hall–Kier alpha value is -3.49. The molecule has 31 heavy (non-hydrogen) atoms. The normalized spacial score (nSPS) is 21.5. The van der Waals surface area contributed by atoms with E-state index in [0.29, 0.717) is 12.0 Å². The lowest BCUT2D eigenvalue weighted by Gasteiger charge is -2.38. The maximum Gasteiger partial charge on any atom is 0.224 e. The maximum atomic E-state index is 11.4. The van der Waals surface area contributed by atoms with Crippen molar-refractivity contribution in [2.45, 2.75) is 51.1 Å². The maximum absolute atomic E-state index is 11.4. The lowest BCUT2D eigenvalue weighted by atomic mass is 9.81. The summed E-state index contributed by atoms with van der Waals surface area (Å²) in [5, 5.41) is 15.7. The Labute approximate surface area is 179 Å². The summed E-state index contributed by atoms with van der Waals surface area (Å²) in [4.78, 5) is 24.0. The molecular weight excluding hydrogens is 392 g/mol. The Morgan fingerprint density at radius 1 is 1.29 bits per heavy atom. The zero-order chi connectivity index (χ0) is 21.6. The van der Waals surface area contributed by atoms with E-state index >= 15 is 0 Å². The van der Waals surface area contributed by atoms with E-state index in [-0.39, 0.29) is 11.4 Å². The third-order valence-corrected chi connectivity index (χ3v) is 6.25. The molecule has 3 heterocycles. The number of carbonyl (C=O) groups is 1. The number of amides is 1. The number of nitrogens with zero attached hydrogens (tertiary/aromatic N) is 5. The average Bonchev–Trinajstić information content (AvgIpc) is 3.32. The molecule has 1 fully saturated rings. The fourth-order valence-corrected chi connectivity index (χ4v) is 4.55. The topological polar surface area (TPSA) is 113 Å². The first-order valence-electron chi connectivity index (χ1n) is 10.6. The van der Waals surface area contributed by atoms with Crippen molar-refractivity contribution in [3.63, 3.8) is 0 Å². The summed E-state index contributed by atoms with van der Waals surface area (Å²) in [6, 6.07) is 6.40. The molecule has 1 aliphatic rings. The van der Waals surface area contributed by atoms with Crippen LogP contribution in [-0.2, 0) is 11.8 Å². The van der Waals surface area contributed by atoms with E-state index in [2.05, 4.69) is 43.9 Å². The van der Waals surface area contributed by atoms with Crippen LogP contribution >= 0.6 is 0 Å². The van der Waals surface area contributed by atoms with E-state index in [1.807, 2.05) is 31.6 Å². The van der Waals surface area contributed by atoms with Crippen molar-refractivity contribution in [3.8, 4) is 11.1 Å². The first-order valence-corrected chi connectivity index (χ1v) is 10.6. The molecule has 3 aromatic heterocycles. The molecule has 0 aliphatic heterocycles. The highest BCUT2D eigenvalue weighted by Crippen LogP contribution is 2.31. The van der Waals surface area contributed by atoms with E-state index in [4.69, 9.17) is 4.98 Å². The van der Waals surface area contributed by atoms with Gasteiger partial charge in [-0.05, 0) is 50.3 Å². The second-order valence-electron chi connectivity index (χ2n) is 8.74. The third kappa shape index (κ3) is 3.71. The molecule has 1 aliphatic carbocycles. The van der Waals surface area contributed by atoms with Gasteiger partial charge in [-0.15, -0.1) is 5.10 Å². The molecule has 0 atom stereocenters. The van der Waals surface area contributed by atoms with Crippen LogP contribution in [0.4, 0.5) is 5.95 Å². The first kappa shape index (κ1) is 19.5. The fourth-order valence-electron chi connectivity index (χ4n) is 4.55. The monoisotopic (exact) mass is 418 g/mol. The number of hydrogen-bond donors (Lipinski definition) is 3. The van der Waals surface area contributed by atoms with Gasteiger partial charge in [0.25, 0.3) is 0 Å². The number of carbonyl (C=O) groups excluding carboxylic acids is 1. The first-order chi connectivity index (χ1) is 14.9. The van der Waals surface area contributed by atoms with Crippen molar-refractivity contribution >= 4 is 33.9 Å². The summed E-state index contributed by atoms with van der Waals surface area (Å²) in [6.07, 6.45) is 7.63. The minimum absolute atomic E-state index is 0.0315. The highest BCUT2D eigenvalue weighted by atomic mass is 16.1. The molecule has 0 saturated heterocycles. The van der Waals surface area contributed by atoms with Crippen LogP contribution in [0.1, 0.15) is 39.5 Å².